The molecule has 3 N–H and O–H groups in total. The normalized spacial score (nSPS) is 15.4. The number of hydrogen-bond donors (Lipinski definition) is 3. The predicted molar refractivity (Wildman–Crippen MR) is 111 cm³/mol. The van der Waals surface area contributed by atoms with E-state index in [1.54, 1.807) is 0 Å². The van der Waals surface area contributed by atoms with Crippen LogP contribution in [0.5, 0.6) is 0 Å². The second kappa shape index (κ2) is 9.39. The first-order chi connectivity index (χ1) is 13.6. The summed E-state index contributed by atoms with van der Waals surface area (Å²) in [6.45, 7) is 6.41. The minimum absolute atomic E-state index is 0.0744. The lowest BCUT2D eigenvalue weighted by molar-refractivity contribution is -0.147. The number of nitrogens with zero attached hydrogens (tertiary/aromatic N) is 2. The van der Waals surface area contributed by atoms with Gasteiger partial charge in [-0.3, -0.25) is 19.5 Å². The number of nitrogens with one attached hydrogen (secondary N) is 3. The Bertz CT molecular complexity index is 855. The molecular formula is C21H29N5O2. The van der Waals surface area contributed by atoms with Crippen LogP contribution in [0.2, 0.25) is 0 Å². The molecule has 7 nitrogen and oxygen atoms in total. The van der Waals surface area contributed by atoms with Crippen molar-refractivity contribution in [2.45, 2.75) is 39.5 Å². The average Bonchev–Trinajstić information content (AvgIpc) is 3.08. The van der Waals surface area contributed by atoms with Crippen LogP contribution in [0.15, 0.2) is 29.4 Å². The Morgan fingerprint density at radius 1 is 1.21 bits per heavy atom. The standard InChI is InChI=1S/C21H29N5O2/c1-3-22-21(24-12-13-26-18(27)8-5-9-19(26)28)23-11-10-16-14-25-17-7-4-6-15(2)20(16)17/h4,6-7,14,25H,3,5,8-13H2,1-2H3,(H2,22,23,24). The number of aromatic nitrogens is 1. The molecule has 0 unspecified atom stereocenters. The summed E-state index contributed by atoms with van der Waals surface area (Å²) < 4.78 is 0. The first-order valence-corrected chi connectivity index (χ1v) is 10.0. The summed E-state index contributed by atoms with van der Waals surface area (Å²) in [6.07, 6.45) is 4.48. The van der Waals surface area contributed by atoms with Crippen LogP contribution in [0, 0.1) is 6.92 Å². The maximum Gasteiger partial charge on any atom is 0.229 e. The molecule has 7 heteroatoms. The number of guanidine groups is 1. The van der Waals surface area contributed by atoms with Gasteiger partial charge in [0.25, 0.3) is 0 Å². The molecule has 2 amide bonds. The number of fused-ring (bicyclic) bond motifs is 1. The molecule has 28 heavy (non-hydrogen) atoms. The van der Waals surface area contributed by atoms with E-state index in [0.717, 1.165) is 18.5 Å². The van der Waals surface area contributed by atoms with E-state index in [-0.39, 0.29) is 11.8 Å². The van der Waals surface area contributed by atoms with E-state index in [9.17, 15) is 9.59 Å². The molecule has 2 heterocycles. The minimum atomic E-state index is -0.0744. The fraction of sp³-hybridized carbons (Fsp3) is 0.476. The summed E-state index contributed by atoms with van der Waals surface area (Å²) in [5.41, 5.74) is 3.68. The Labute approximate surface area is 165 Å². The Balaban J connectivity index is 1.55. The number of carbonyl (C=O) groups is 2. The molecule has 0 saturated carbocycles. The van der Waals surface area contributed by atoms with Gasteiger partial charge >= 0.3 is 0 Å². The number of likely N-dealkylation sites (tertiary alicyclic amines) is 1. The summed E-state index contributed by atoms with van der Waals surface area (Å²) in [6, 6.07) is 6.27. The van der Waals surface area contributed by atoms with Gasteiger partial charge in [-0.05, 0) is 43.9 Å². The Hall–Kier alpha value is -2.83. The number of carbonyl (C=O) groups excluding carboxylic acids is 2. The highest BCUT2D eigenvalue weighted by Crippen LogP contribution is 2.22. The number of amides is 2. The molecule has 0 spiro atoms. The number of H-pyrrole nitrogens is 1. The van der Waals surface area contributed by atoms with Crippen molar-refractivity contribution in [1.29, 1.82) is 0 Å². The van der Waals surface area contributed by atoms with Gasteiger partial charge in [0.2, 0.25) is 11.8 Å². The molecule has 0 radical (unpaired) electrons. The maximum atomic E-state index is 11.9. The lowest BCUT2D eigenvalue weighted by Gasteiger charge is -2.25. The molecule has 1 fully saturated rings. The molecule has 3 rings (SSSR count). The monoisotopic (exact) mass is 383 g/mol. The molecule has 1 aromatic heterocycles. The summed E-state index contributed by atoms with van der Waals surface area (Å²) in [5, 5.41) is 7.71. The van der Waals surface area contributed by atoms with Gasteiger partial charge in [0.05, 0.1) is 0 Å². The van der Waals surface area contributed by atoms with Crippen LogP contribution in [0.25, 0.3) is 10.9 Å². The van der Waals surface area contributed by atoms with Gasteiger partial charge < -0.3 is 15.6 Å². The number of aryl methyl sites for hydroxylation is 1. The predicted octanol–water partition coefficient (Wildman–Crippen LogP) is 2.11. The lowest BCUT2D eigenvalue weighted by atomic mass is 10.1. The van der Waals surface area contributed by atoms with E-state index >= 15 is 0 Å². The van der Waals surface area contributed by atoms with Crippen molar-refractivity contribution in [1.82, 2.24) is 20.5 Å². The van der Waals surface area contributed by atoms with Crippen molar-refractivity contribution in [3.63, 3.8) is 0 Å². The number of piperidine rings is 1. The zero-order valence-corrected chi connectivity index (χ0v) is 16.7. The SMILES string of the molecule is CCNC(=NCCc1c[nH]c2cccc(C)c12)NCCN1C(=O)CCCC1=O. The van der Waals surface area contributed by atoms with Crippen LogP contribution in [0.3, 0.4) is 0 Å². The molecule has 1 saturated heterocycles. The average molecular weight is 383 g/mol. The van der Waals surface area contributed by atoms with E-state index in [2.05, 4.69) is 51.9 Å². The number of rotatable bonds is 7. The van der Waals surface area contributed by atoms with Crippen LogP contribution in [-0.2, 0) is 16.0 Å². The van der Waals surface area contributed by atoms with Crippen LogP contribution in [-0.4, -0.2) is 53.8 Å². The number of hydrogen-bond acceptors (Lipinski definition) is 3. The molecule has 150 valence electrons. The van der Waals surface area contributed by atoms with Crippen molar-refractivity contribution in [3.8, 4) is 0 Å². The van der Waals surface area contributed by atoms with Gasteiger partial charge in [0.1, 0.15) is 0 Å². The van der Waals surface area contributed by atoms with E-state index in [1.807, 2.05) is 6.92 Å². The van der Waals surface area contributed by atoms with Gasteiger partial charge in [-0.25, -0.2) is 0 Å². The molecule has 1 aliphatic heterocycles. The topological polar surface area (TPSA) is 89.6 Å². The molecule has 0 aliphatic carbocycles. The maximum absolute atomic E-state index is 11.9. The third-order valence-electron chi connectivity index (χ3n) is 5.00. The number of benzene rings is 1. The molecule has 1 aliphatic rings. The number of imide groups is 1. The van der Waals surface area contributed by atoms with Crippen molar-refractivity contribution >= 4 is 28.7 Å². The van der Waals surface area contributed by atoms with Gasteiger partial charge in [0, 0.05) is 56.1 Å². The van der Waals surface area contributed by atoms with Crippen LogP contribution >= 0.6 is 0 Å². The second-order valence-corrected chi connectivity index (χ2v) is 7.04. The molecule has 0 bridgehead atoms. The first-order valence-electron chi connectivity index (χ1n) is 10.0. The van der Waals surface area contributed by atoms with E-state index in [4.69, 9.17) is 0 Å². The van der Waals surface area contributed by atoms with Crippen LogP contribution in [0.4, 0.5) is 0 Å². The fourth-order valence-electron chi connectivity index (χ4n) is 3.61. The Morgan fingerprint density at radius 3 is 2.75 bits per heavy atom. The summed E-state index contributed by atoms with van der Waals surface area (Å²) in [5.74, 6) is 0.556. The third kappa shape index (κ3) is 4.71. The van der Waals surface area contributed by atoms with Gasteiger partial charge in [-0.2, -0.15) is 0 Å². The zero-order valence-electron chi connectivity index (χ0n) is 16.7. The van der Waals surface area contributed by atoms with Gasteiger partial charge in [-0.15, -0.1) is 0 Å². The summed E-state index contributed by atoms with van der Waals surface area (Å²) in [7, 11) is 0. The van der Waals surface area contributed by atoms with Crippen molar-refractivity contribution in [2.75, 3.05) is 26.2 Å². The summed E-state index contributed by atoms with van der Waals surface area (Å²) in [4.78, 5) is 33.1. The van der Waals surface area contributed by atoms with Crippen molar-refractivity contribution in [3.05, 3.63) is 35.5 Å². The molecule has 2 aromatic rings. The van der Waals surface area contributed by atoms with E-state index < -0.39 is 0 Å². The molecule has 0 atom stereocenters. The zero-order chi connectivity index (χ0) is 19.9. The van der Waals surface area contributed by atoms with E-state index in [1.165, 1.54) is 21.4 Å². The smallest absolute Gasteiger partial charge is 0.229 e. The van der Waals surface area contributed by atoms with Crippen LogP contribution < -0.4 is 10.6 Å². The van der Waals surface area contributed by atoms with Crippen molar-refractivity contribution < 1.29 is 9.59 Å². The fourth-order valence-corrected chi connectivity index (χ4v) is 3.61. The highest BCUT2D eigenvalue weighted by Gasteiger charge is 2.25. The number of aromatic amines is 1. The molecule has 1 aromatic carbocycles. The quantitative estimate of drug-likeness (QED) is 0.388. The van der Waals surface area contributed by atoms with Gasteiger partial charge in [-0.1, -0.05) is 12.1 Å². The molecular weight excluding hydrogens is 354 g/mol. The van der Waals surface area contributed by atoms with Crippen molar-refractivity contribution in [2.24, 2.45) is 4.99 Å². The highest BCUT2D eigenvalue weighted by molar-refractivity contribution is 5.97. The second-order valence-electron chi connectivity index (χ2n) is 7.04. The first kappa shape index (κ1) is 19.9. The summed E-state index contributed by atoms with van der Waals surface area (Å²) >= 11 is 0. The largest absolute Gasteiger partial charge is 0.361 e. The van der Waals surface area contributed by atoms with Crippen LogP contribution in [0.1, 0.15) is 37.3 Å². The van der Waals surface area contributed by atoms with E-state index in [0.29, 0.717) is 44.9 Å². The lowest BCUT2D eigenvalue weighted by Crippen LogP contribution is -2.46. The minimum Gasteiger partial charge on any atom is -0.361 e. The number of aliphatic imine (C=N–C) groups is 1. The Morgan fingerprint density at radius 2 is 2.00 bits per heavy atom. The van der Waals surface area contributed by atoms with Gasteiger partial charge in [0.15, 0.2) is 5.96 Å². The Kier molecular flexibility index (Phi) is 6.68. The third-order valence-corrected chi connectivity index (χ3v) is 5.00. The highest BCUT2D eigenvalue weighted by atomic mass is 16.2.